The van der Waals surface area contributed by atoms with Crippen LogP contribution in [0.5, 0.6) is 17.2 Å². The molecule has 2 aromatic rings. The smallest absolute Gasteiger partial charge is 0.347 e. The minimum atomic E-state index is -0.812. The van der Waals surface area contributed by atoms with E-state index in [1.807, 2.05) is 13.0 Å². The van der Waals surface area contributed by atoms with E-state index in [9.17, 15) is 9.90 Å². The van der Waals surface area contributed by atoms with Gasteiger partial charge in [-0.3, -0.25) is 0 Å². The van der Waals surface area contributed by atoms with Crippen molar-refractivity contribution in [3.05, 3.63) is 45.8 Å². The van der Waals surface area contributed by atoms with Gasteiger partial charge in [-0.1, -0.05) is 0 Å². The Morgan fingerprint density at radius 3 is 2.70 bits per heavy atom. The second-order valence-corrected chi connectivity index (χ2v) is 7.03. The van der Waals surface area contributed by atoms with Gasteiger partial charge in [-0.05, 0) is 56.0 Å². The maximum Gasteiger partial charge on any atom is 0.347 e. The van der Waals surface area contributed by atoms with Gasteiger partial charge in [-0.25, -0.2) is 4.79 Å². The van der Waals surface area contributed by atoms with Crippen molar-refractivity contribution in [3.63, 3.8) is 0 Å². The predicted octanol–water partition coefficient (Wildman–Crippen LogP) is 3.40. The van der Waals surface area contributed by atoms with Gasteiger partial charge < -0.3 is 23.7 Å². The number of benzene rings is 1. The Balaban J connectivity index is 1.81. The molecule has 0 amide bonds. The number of aliphatic hydroxyl groups excluding tert-OH is 1. The van der Waals surface area contributed by atoms with Gasteiger partial charge in [0, 0.05) is 11.6 Å². The Morgan fingerprint density at radius 2 is 1.96 bits per heavy atom. The summed E-state index contributed by atoms with van der Waals surface area (Å²) in [6.07, 6.45) is 3.54. The molecule has 0 saturated heterocycles. The molecule has 0 spiro atoms. The third kappa shape index (κ3) is 2.80. The van der Waals surface area contributed by atoms with Crippen LogP contribution in [0.1, 0.15) is 31.7 Å². The number of fused-ring (bicyclic) bond motifs is 2. The van der Waals surface area contributed by atoms with Crippen molar-refractivity contribution < 1.29 is 23.7 Å². The number of hydrogen-bond donors (Lipinski definition) is 1. The number of aliphatic hydroxyl groups is 1. The van der Waals surface area contributed by atoms with Crippen molar-refractivity contribution in [2.75, 3.05) is 14.2 Å². The van der Waals surface area contributed by atoms with Crippen LogP contribution in [-0.2, 0) is 0 Å². The number of ether oxygens (including phenoxy) is 3. The first-order valence-corrected chi connectivity index (χ1v) is 8.95. The van der Waals surface area contributed by atoms with Crippen molar-refractivity contribution in [2.45, 2.75) is 37.9 Å². The standard InChI is InChI=1S/C21H22O6/c1-21-13(5-4-6-19(21)22)10-14-17(27-21)11-16(26-20(14)23)12-7-8-15(24-2)18(9-12)25-3/h7-11,19,22H,4-6H2,1-3H3/t19-,21+/m0/s1. The van der Waals surface area contributed by atoms with Gasteiger partial charge >= 0.3 is 5.63 Å². The van der Waals surface area contributed by atoms with Crippen molar-refractivity contribution >= 4 is 6.08 Å². The number of rotatable bonds is 3. The van der Waals surface area contributed by atoms with Gasteiger partial charge in [0.2, 0.25) is 0 Å². The lowest BCUT2D eigenvalue weighted by atomic mass is 9.77. The molecule has 1 aromatic heterocycles. The molecule has 2 aliphatic rings. The molecular weight excluding hydrogens is 348 g/mol. The highest BCUT2D eigenvalue weighted by Crippen LogP contribution is 2.44. The monoisotopic (exact) mass is 370 g/mol. The SMILES string of the molecule is COc1ccc(-c2cc3c(c(=O)o2)C=C2CCC[C@H](O)[C@]2(C)O3)cc1OC. The summed E-state index contributed by atoms with van der Waals surface area (Å²) in [6, 6.07) is 6.97. The maximum atomic E-state index is 12.6. The van der Waals surface area contributed by atoms with Crippen molar-refractivity contribution in [3.8, 4) is 28.6 Å². The topological polar surface area (TPSA) is 78.1 Å². The average Bonchev–Trinajstić information content (AvgIpc) is 2.67. The first-order chi connectivity index (χ1) is 13.0. The highest BCUT2D eigenvalue weighted by atomic mass is 16.5. The Labute approximate surface area is 157 Å². The lowest BCUT2D eigenvalue weighted by Gasteiger charge is -2.43. The number of hydrogen-bond acceptors (Lipinski definition) is 6. The van der Waals surface area contributed by atoms with Gasteiger partial charge in [0.1, 0.15) is 17.1 Å². The minimum absolute atomic E-state index is 0.366. The van der Waals surface area contributed by atoms with Gasteiger partial charge in [-0.15, -0.1) is 0 Å². The summed E-state index contributed by atoms with van der Waals surface area (Å²) in [5.74, 6) is 1.91. The number of methoxy groups -OCH3 is 2. The lowest BCUT2D eigenvalue weighted by Crippen LogP contribution is -2.50. The van der Waals surface area contributed by atoms with Gasteiger partial charge in [0.25, 0.3) is 0 Å². The largest absolute Gasteiger partial charge is 0.493 e. The summed E-state index contributed by atoms with van der Waals surface area (Å²) in [5, 5.41) is 10.5. The summed E-state index contributed by atoms with van der Waals surface area (Å²) >= 11 is 0. The Bertz CT molecular complexity index is 973. The van der Waals surface area contributed by atoms with Crippen LogP contribution in [0.15, 0.2) is 39.1 Å². The Morgan fingerprint density at radius 1 is 1.19 bits per heavy atom. The fourth-order valence-corrected chi connectivity index (χ4v) is 3.80. The predicted molar refractivity (Wildman–Crippen MR) is 100 cm³/mol. The molecule has 2 heterocycles. The summed E-state index contributed by atoms with van der Waals surface area (Å²) in [7, 11) is 3.11. The first-order valence-electron chi connectivity index (χ1n) is 8.95. The van der Waals surface area contributed by atoms with E-state index in [0.29, 0.717) is 40.6 Å². The zero-order chi connectivity index (χ0) is 19.2. The van der Waals surface area contributed by atoms with E-state index in [2.05, 4.69) is 0 Å². The minimum Gasteiger partial charge on any atom is -0.493 e. The van der Waals surface area contributed by atoms with Crippen molar-refractivity contribution in [1.82, 2.24) is 0 Å². The molecule has 1 aliphatic carbocycles. The van der Waals surface area contributed by atoms with E-state index in [1.54, 1.807) is 38.5 Å². The van der Waals surface area contributed by atoms with Crippen LogP contribution in [0.4, 0.5) is 0 Å². The zero-order valence-electron chi connectivity index (χ0n) is 15.6. The molecule has 0 bridgehead atoms. The molecular formula is C21H22O6. The third-order valence-corrected chi connectivity index (χ3v) is 5.46. The van der Waals surface area contributed by atoms with Crippen LogP contribution >= 0.6 is 0 Å². The summed E-state index contributed by atoms with van der Waals surface area (Å²) < 4.78 is 22.3. The fraction of sp³-hybridized carbons (Fsp3) is 0.381. The van der Waals surface area contributed by atoms with Crippen LogP contribution < -0.4 is 19.8 Å². The molecule has 0 radical (unpaired) electrons. The van der Waals surface area contributed by atoms with Crippen molar-refractivity contribution in [1.29, 1.82) is 0 Å². The van der Waals surface area contributed by atoms with E-state index >= 15 is 0 Å². The second-order valence-electron chi connectivity index (χ2n) is 7.03. The van der Waals surface area contributed by atoms with Gasteiger partial charge in [-0.2, -0.15) is 0 Å². The van der Waals surface area contributed by atoms with Crippen LogP contribution in [0.3, 0.4) is 0 Å². The molecule has 2 atom stereocenters. The van der Waals surface area contributed by atoms with Crippen LogP contribution in [-0.4, -0.2) is 31.0 Å². The van der Waals surface area contributed by atoms with E-state index in [1.165, 1.54) is 0 Å². The first kappa shape index (κ1) is 17.7. The molecule has 0 unspecified atom stereocenters. The van der Waals surface area contributed by atoms with Crippen LogP contribution in [0.25, 0.3) is 17.4 Å². The lowest BCUT2D eigenvalue weighted by molar-refractivity contribution is -0.0356. The highest BCUT2D eigenvalue weighted by molar-refractivity contribution is 5.69. The zero-order valence-corrected chi connectivity index (χ0v) is 15.6. The third-order valence-electron chi connectivity index (χ3n) is 5.46. The average molecular weight is 370 g/mol. The second kappa shape index (κ2) is 6.46. The van der Waals surface area contributed by atoms with Crippen LogP contribution in [0.2, 0.25) is 0 Å². The Kier molecular flexibility index (Phi) is 4.23. The van der Waals surface area contributed by atoms with E-state index in [0.717, 1.165) is 18.4 Å². The summed E-state index contributed by atoms with van der Waals surface area (Å²) in [4.78, 5) is 12.6. The van der Waals surface area contributed by atoms with E-state index < -0.39 is 17.3 Å². The molecule has 1 aliphatic heterocycles. The molecule has 1 saturated carbocycles. The summed E-state index contributed by atoms with van der Waals surface area (Å²) in [5.41, 5.74) is 0.710. The molecule has 6 heteroatoms. The Hall–Kier alpha value is -2.73. The molecule has 27 heavy (non-hydrogen) atoms. The highest BCUT2D eigenvalue weighted by Gasteiger charge is 2.44. The summed E-state index contributed by atoms with van der Waals surface area (Å²) in [6.45, 7) is 1.87. The maximum absolute atomic E-state index is 12.6. The van der Waals surface area contributed by atoms with Crippen LogP contribution in [0, 0.1) is 0 Å². The van der Waals surface area contributed by atoms with Gasteiger partial charge in [0.05, 0.1) is 20.3 Å². The molecule has 142 valence electrons. The van der Waals surface area contributed by atoms with E-state index in [-0.39, 0.29) is 0 Å². The fourth-order valence-electron chi connectivity index (χ4n) is 3.80. The molecule has 1 fully saturated rings. The van der Waals surface area contributed by atoms with Crippen molar-refractivity contribution in [2.24, 2.45) is 0 Å². The van der Waals surface area contributed by atoms with E-state index in [4.69, 9.17) is 18.6 Å². The molecule has 1 aromatic carbocycles. The normalized spacial score (nSPS) is 23.6. The molecule has 4 rings (SSSR count). The molecule has 6 nitrogen and oxygen atoms in total. The molecule has 1 N–H and O–H groups in total. The quantitative estimate of drug-likeness (QED) is 0.892. The van der Waals surface area contributed by atoms with Gasteiger partial charge in [0.15, 0.2) is 17.1 Å².